The van der Waals surface area contributed by atoms with Crippen LogP contribution < -0.4 is 0 Å². The number of aromatic nitrogens is 4. The molecule has 0 aliphatic heterocycles. The van der Waals surface area contributed by atoms with Gasteiger partial charge in [-0.05, 0) is 66.8 Å². The van der Waals surface area contributed by atoms with Gasteiger partial charge in [0.05, 0.1) is 24.4 Å². The van der Waals surface area contributed by atoms with Crippen LogP contribution >= 0.6 is 11.3 Å². The number of furan rings is 1. The van der Waals surface area contributed by atoms with Crippen LogP contribution in [0.4, 0.5) is 0 Å². The van der Waals surface area contributed by atoms with Crippen LogP contribution in [-0.2, 0) is 18.6 Å². The molecule has 1 atom stereocenters. The summed E-state index contributed by atoms with van der Waals surface area (Å²) in [5.41, 5.74) is 2.20. The summed E-state index contributed by atoms with van der Waals surface area (Å²) in [7, 11) is 0. The SMILES string of the molecule is CCC(C)(C)n1nnnc1[C@H](c1ccc(C)cc1)N(Cc1ccco1)Cc1cccs1. The minimum Gasteiger partial charge on any atom is -0.468 e. The summed E-state index contributed by atoms with van der Waals surface area (Å²) in [6.45, 7) is 10.1. The van der Waals surface area contributed by atoms with Crippen molar-refractivity contribution in [1.82, 2.24) is 25.1 Å². The Morgan fingerprint density at radius 2 is 1.90 bits per heavy atom. The lowest BCUT2D eigenvalue weighted by atomic mass is 9.98. The molecule has 7 heteroatoms. The summed E-state index contributed by atoms with van der Waals surface area (Å²) in [5, 5.41) is 15.2. The monoisotopic (exact) mass is 435 g/mol. The second-order valence-electron chi connectivity index (χ2n) is 8.49. The highest BCUT2D eigenvalue weighted by atomic mass is 32.1. The topological polar surface area (TPSA) is 60.0 Å². The first kappa shape index (κ1) is 21.5. The minimum atomic E-state index is -0.193. The zero-order valence-electron chi connectivity index (χ0n) is 18.5. The highest BCUT2D eigenvalue weighted by Crippen LogP contribution is 2.33. The lowest BCUT2D eigenvalue weighted by Crippen LogP contribution is -2.35. The van der Waals surface area contributed by atoms with E-state index in [4.69, 9.17) is 4.42 Å². The number of rotatable bonds is 9. The number of hydrogen-bond donors (Lipinski definition) is 0. The Hall–Kier alpha value is -2.77. The summed E-state index contributed by atoms with van der Waals surface area (Å²) in [5.74, 6) is 1.77. The van der Waals surface area contributed by atoms with Gasteiger partial charge in [0.1, 0.15) is 5.76 Å². The average Bonchev–Trinajstić information content (AvgIpc) is 3.53. The van der Waals surface area contributed by atoms with Gasteiger partial charge in [0.25, 0.3) is 0 Å². The van der Waals surface area contributed by atoms with Gasteiger partial charge in [-0.1, -0.05) is 42.8 Å². The second kappa shape index (κ2) is 9.16. The zero-order valence-corrected chi connectivity index (χ0v) is 19.3. The van der Waals surface area contributed by atoms with E-state index in [0.29, 0.717) is 6.54 Å². The van der Waals surface area contributed by atoms with Crippen molar-refractivity contribution in [3.05, 3.63) is 87.8 Å². The number of benzene rings is 1. The van der Waals surface area contributed by atoms with Crippen molar-refractivity contribution in [2.45, 2.75) is 58.8 Å². The normalized spacial score (nSPS) is 13.1. The van der Waals surface area contributed by atoms with Crippen LogP contribution in [0.2, 0.25) is 0 Å². The molecule has 6 nitrogen and oxygen atoms in total. The lowest BCUT2D eigenvalue weighted by Gasteiger charge is -2.33. The highest BCUT2D eigenvalue weighted by Gasteiger charge is 2.33. The number of nitrogens with zero attached hydrogens (tertiary/aromatic N) is 5. The van der Waals surface area contributed by atoms with Crippen molar-refractivity contribution in [2.75, 3.05) is 0 Å². The second-order valence-corrected chi connectivity index (χ2v) is 9.52. The summed E-state index contributed by atoms with van der Waals surface area (Å²) >= 11 is 1.76. The van der Waals surface area contributed by atoms with Crippen LogP contribution in [0.15, 0.2) is 64.6 Å². The molecule has 31 heavy (non-hydrogen) atoms. The Morgan fingerprint density at radius 1 is 1.10 bits per heavy atom. The number of thiophene rings is 1. The van der Waals surface area contributed by atoms with E-state index in [1.807, 2.05) is 16.8 Å². The van der Waals surface area contributed by atoms with Gasteiger partial charge in [-0.15, -0.1) is 16.4 Å². The number of hydrogen-bond acceptors (Lipinski definition) is 6. The van der Waals surface area contributed by atoms with Crippen molar-refractivity contribution < 1.29 is 4.42 Å². The van der Waals surface area contributed by atoms with E-state index in [-0.39, 0.29) is 11.6 Å². The van der Waals surface area contributed by atoms with Gasteiger partial charge in [-0.3, -0.25) is 4.90 Å². The molecule has 1 aromatic carbocycles. The van der Waals surface area contributed by atoms with Crippen LogP contribution in [0.25, 0.3) is 0 Å². The minimum absolute atomic E-state index is 0.117. The molecular formula is C24H29N5OS. The molecule has 162 valence electrons. The smallest absolute Gasteiger partial charge is 0.173 e. The lowest BCUT2D eigenvalue weighted by molar-refractivity contribution is 0.170. The largest absolute Gasteiger partial charge is 0.468 e. The van der Waals surface area contributed by atoms with E-state index in [1.54, 1.807) is 17.6 Å². The maximum absolute atomic E-state index is 5.73. The number of aryl methyl sites for hydroxylation is 1. The summed E-state index contributed by atoms with van der Waals surface area (Å²) < 4.78 is 7.71. The van der Waals surface area contributed by atoms with Gasteiger partial charge in [-0.25, -0.2) is 4.68 Å². The van der Waals surface area contributed by atoms with Crippen molar-refractivity contribution in [2.24, 2.45) is 0 Å². The van der Waals surface area contributed by atoms with Gasteiger partial charge >= 0.3 is 0 Å². The number of tetrazole rings is 1. The Labute approximate surface area is 187 Å². The first-order chi connectivity index (χ1) is 15.0. The van der Waals surface area contributed by atoms with Crippen molar-refractivity contribution in [3.8, 4) is 0 Å². The van der Waals surface area contributed by atoms with Crippen molar-refractivity contribution >= 4 is 11.3 Å². The molecule has 3 heterocycles. The van der Waals surface area contributed by atoms with Crippen LogP contribution in [0.1, 0.15) is 60.8 Å². The summed E-state index contributed by atoms with van der Waals surface area (Å²) in [4.78, 5) is 3.68. The quantitative estimate of drug-likeness (QED) is 0.344. The van der Waals surface area contributed by atoms with Gasteiger partial charge in [0.2, 0.25) is 0 Å². The molecule has 0 bridgehead atoms. The van der Waals surface area contributed by atoms with Crippen molar-refractivity contribution in [1.29, 1.82) is 0 Å². The first-order valence-electron chi connectivity index (χ1n) is 10.6. The molecule has 0 saturated heterocycles. The Kier molecular flexibility index (Phi) is 6.34. The fourth-order valence-electron chi connectivity index (χ4n) is 3.66. The van der Waals surface area contributed by atoms with Crippen molar-refractivity contribution in [3.63, 3.8) is 0 Å². The third-order valence-electron chi connectivity index (χ3n) is 5.81. The van der Waals surface area contributed by atoms with E-state index in [9.17, 15) is 0 Å². The predicted molar refractivity (Wildman–Crippen MR) is 123 cm³/mol. The molecule has 0 aliphatic carbocycles. The molecule has 0 N–H and O–H groups in total. The van der Waals surface area contributed by atoms with E-state index in [0.717, 1.165) is 30.1 Å². The van der Waals surface area contributed by atoms with E-state index < -0.39 is 0 Å². The van der Waals surface area contributed by atoms with E-state index in [1.165, 1.54) is 10.4 Å². The molecule has 4 rings (SSSR count). The Morgan fingerprint density at radius 3 is 2.55 bits per heavy atom. The third-order valence-corrected chi connectivity index (χ3v) is 6.67. The standard InChI is InChI=1S/C24H29N5OS/c1-5-24(3,4)29-23(25-26-27-29)22(19-12-10-18(2)11-13-19)28(16-20-8-6-14-30-20)17-21-9-7-15-31-21/h6-15,22H,5,16-17H2,1-4H3/t22-/m0/s1. The molecule has 4 aromatic rings. The molecule has 0 amide bonds. The Bertz CT molecular complexity index is 1030. The van der Waals surface area contributed by atoms with Gasteiger partial charge in [0, 0.05) is 11.4 Å². The molecule has 0 spiro atoms. The third kappa shape index (κ3) is 4.78. The summed E-state index contributed by atoms with van der Waals surface area (Å²) in [6, 6.07) is 16.8. The molecule has 0 aliphatic rings. The van der Waals surface area contributed by atoms with Crippen LogP contribution in [-0.4, -0.2) is 25.1 Å². The molecule has 0 saturated carbocycles. The van der Waals surface area contributed by atoms with Crippen LogP contribution in [0.3, 0.4) is 0 Å². The predicted octanol–water partition coefficient (Wildman–Crippen LogP) is 5.57. The fraction of sp³-hybridized carbons (Fsp3) is 0.375. The van der Waals surface area contributed by atoms with Crippen LogP contribution in [0.5, 0.6) is 0 Å². The molecule has 0 fully saturated rings. The van der Waals surface area contributed by atoms with Crippen LogP contribution in [0, 0.1) is 6.92 Å². The summed E-state index contributed by atoms with van der Waals surface area (Å²) in [6.07, 6.45) is 2.65. The molecule has 0 unspecified atom stereocenters. The Balaban J connectivity index is 1.83. The van der Waals surface area contributed by atoms with Gasteiger partial charge in [-0.2, -0.15) is 0 Å². The van der Waals surface area contributed by atoms with Gasteiger partial charge in [0.15, 0.2) is 5.82 Å². The molecular weight excluding hydrogens is 406 g/mol. The fourth-order valence-corrected chi connectivity index (χ4v) is 4.39. The highest BCUT2D eigenvalue weighted by molar-refractivity contribution is 7.09. The molecule has 0 radical (unpaired) electrons. The average molecular weight is 436 g/mol. The maximum atomic E-state index is 5.73. The maximum Gasteiger partial charge on any atom is 0.173 e. The zero-order chi connectivity index (χ0) is 21.8. The molecule has 3 aromatic heterocycles. The van der Waals surface area contributed by atoms with E-state index >= 15 is 0 Å². The first-order valence-corrected chi connectivity index (χ1v) is 11.5. The van der Waals surface area contributed by atoms with E-state index in [2.05, 4.69) is 89.9 Å². The van der Waals surface area contributed by atoms with Gasteiger partial charge < -0.3 is 4.42 Å².